The molecule has 4 heterocycles. The van der Waals surface area contributed by atoms with E-state index < -0.39 is 12.6 Å². The zero-order valence-electron chi connectivity index (χ0n) is 22.2. The van der Waals surface area contributed by atoms with Crippen molar-refractivity contribution in [1.29, 1.82) is 0 Å². The summed E-state index contributed by atoms with van der Waals surface area (Å²) in [5.74, 6) is 0.758. The molecule has 0 amide bonds. The zero-order chi connectivity index (χ0) is 27.4. The van der Waals surface area contributed by atoms with E-state index in [2.05, 4.69) is 26.1 Å². The number of methoxy groups -OCH3 is 1. The molecule has 1 spiro atoms. The summed E-state index contributed by atoms with van der Waals surface area (Å²) in [5.41, 5.74) is 5.88. The summed E-state index contributed by atoms with van der Waals surface area (Å²) in [6.45, 7) is 1.16. The summed E-state index contributed by atoms with van der Waals surface area (Å²) in [7, 11) is 1.54. The van der Waals surface area contributed by atoms with E-state index in [1.54, 1.807) is 13.3 Å². The van der Waals surface area contributed by atoms with Crippen molar-refractivity contribution in [3.8, 4) is 17.0 Å². The van der Waals surface area contributed by atoms with Crippen LogP contribution in [0.2, 0.25) is 0 Å². The Morgan fingerprint density at radius 1 is 1.23 bits per heavy atom. The molecular formula is C31H29FN4O4. The smallest absolute Gasteiger partial charge is 0.354 e. The second-order valence-corrected chi connectivity index (χ2v) is 11.1. The lowest BCUT2D eigenvalue weighted by Crippen LogP contribution is -2.42. The monoisotopic (exact) mass is 540 g/mol. The van der Waals surface area contributed by atoms with Crippen LogP contribution in [0.25, 0.3) is 27.7 Å². The Bertz CT molecular complexity index is 1670. The number of carbonyl (C=O) groups is 1. The lowest BCUT2D eigenvalue weighted by atomic mass is 9.63. The summed E-state index contributed by atoms with van der Waals surface area (Å²) < 4.78 is 25.1. The van der Waals surface area contributed by atoms with Gasteiger partial charge in [0.05, 0.1) is 18.3 Å². The second kappa shape index (κ2) is 9.43. The second-order valence-electron chi connectivity index (χ2n) is 11.1. The molecule has 3 aliphatic rings. The normalized spacial score (nSPS) is 18.1. The van der Waals surface area contributed by atoms with Crippen LogP contribution in [0.3, 0.4) is 0 Å². The van der Waals surface area contributed by atoms with Gasteiger partial charge in [-0.05, 0) is 73.4 Å². The number of aromatic carboxylic acids is 1. The van der Waals surface area contributed by atoms with Gasteiger partial charge in [0, 0.05) is 53.5 Å². The number of halogens is 1. The minimum Gasteiger partial charge on any atom is -0.496 e. The van der Waals surface area contributed by atoms with Crippen molar-refractivity contribution >= 4 is 28.1 Å². The van der Waals surface area contributed by atoms with E-state index in [9.17, 15) is 14.3 Å². The summed E-state index contributed by atoms with van der Waals surface area (Å²) >= 11 is 0. The van der Waals surface area contributed by atoms with Crippen molar-refractivity contribution in [2.45, 2.75) is 44.7 Å². The van der Waals surface area contributed by atoms with Gasteiger partial charge in [0.2, 0.25) is 0 Å². The van der Waals surface area contributed by atoms with Crippen molar-refractivity contribution in [3.63, 3.8) is 0 Å². The van der Waals surface area contributed by atoms with Crippen molar-refractivity contribution in [3.05, 3.63) is 71.4 Å². The summed E-state index contributed by atoms with van der Waals surface area (Å²) in [4.78, 5) is 22.3. The molecule has 1 aliphatic heterocycles. The van der Waals surface area contributed by atoms with Crippen molar-refractivity contribution in [2.24, 2.45) is 5.41 Å². The van der Waals surface area contributed by atoms with Crippen LogP contribution in [0.5, 0.6) is 5.75 Å². The number of carboxylic acid groups (broad SMARTS) is 1. The molecule has 7 rings (SSSR count). The number of rotatable bonds is 7. The Labute approximate surface area is 230 Å². The molecule has 1 saturated heterocycles. The van der Waals surface area contributed by atoms with Gasteiger partial charge in [-0.15, -0.1) is 0 Å². The number of anilines is 1. The minimum absolute atomic E-state index is 0.0325. The first-order valence-electron chi connectivity index (χ1n) is 13.7. The van der Waals surface area contributed by atoms with Crippen LogP contribution in [0, 0.1) is 5.41 Å². The van der Waals surface area contributed by atoms with Gasteiger partial charge in [0.1, 0.15) is 23.9 Å². The summed E-state index contributed by atoms with van der Waals surface area (Å²) in [6, 6.07) is 11.1. The quantitative estimate of drug-likeness (QED) is 0.287. The predicted octanol–water partition coefficient (Wildman–Crippen LogP) is 6.41. The lowest BCUT2D eigenvalue weighted by Gasteiger charge is -2.47. The van der Waals surface area contributed by atoms with Crippen LogP contribution < -0.4 is 9.64 Å². The van der Waals surface area contributed by atoms with Gasteiger partial charge in [-0.25, -0.2) is 14.2 Å². The maximum absolute atomic E-state index is 13.7. The molecule has 0 atom stereocenters. The molecule has 4 aromatic rings. The van der Waals surface area contributed by atoms with E-state index in [1.807, 2.05) is 30.3 Å². The molecule has 0 radical (unpaired) electrons. The summed E-state index contributed by atoms with van der Waals surface area (Å²) in [5, 5.41) is 14.6. The van der Waals surface area contributed by atoms with E-state index in [-0.39, 0.29) is 11.1 Å². The standard InChI is InChI=1S/C31H29FN4O4/c1-39-26-14-24(30(37)38)34-23-7-6-20(13-22(23)26)36-11-8-31(9-12-36)15-19(16-31)27-28(35-40-29(27)18-4-5-18)21-3-2-10-33-25(21)17-32/h2-3,6-7,10,13-15,18H,4-5,8-9,11-12,16-17H2,1H3,(H,37,38). The number of allylic oxidation sites excluding steroid dienone is 2. The van der Waals surface area contributed by atoms with E-state index in [4.69, 9.17) is 9.26 Å². The van der Waals surface area contributed by atoms with Gasteiger partial charge >= 0.3 is 5.97 Å². The highest BCUT2D eigenvalue weighted by atomic mass is 19.1. The summed E-state index contributed by atoms with van der Waals surface area (Å²) in [6.07, 6.45) is 9.20. The number of hydrogen-bond acceptors (Lipinski definition) is 7. The van der Waals surface area contributed by atoms with Crippen LogP contribution in [0.1, 0.15) is 65.5 Å². The average molecular weight is 541 g/mol. The molecule has 3 aromatic heterocycles. The van der Waals surface area contributed by atoms with Crippen molar-refractivity contribution in [2.75, 3.05) is 25.1 Å². The van der Waals surface area contributed by atoms with E-state index >= 15 is 0 Å². The fourth-order valence-corrected chi connectivity index (χ4v) is 6.25. The van der Waals surface area contributed by atoms with Crippen LogP contribution in [-0.2, 0) is 6.67 Å². The first kappa shape index (κ1) is 24.7. The number of piperidine rings is 1. The average Bonchev–Trinajstić information content (AvgIpc) is 3.73. The van der Waals surface area contributed by atoms with Crippen LogP contribution >= 0.6 is 0 Å². The molecule has 1 aromatic carbocycles. The third kappa shape index (κ3) is 4.11. The fourth-order valence-electron chi connectivity index (χ4n) is 6.25. The van der Waals surface area contributed by atoms with Gasteiger partial charge in [-0.1, -0.05) is 11.2 Å². The molecular weight excluding hydrogens is 511 g/mol. The van der Waals surface area contributed by atoms with E-state index in [1.165, 1.54) is 11.6 Å². The number of hydrogen-bond donors (Lipinski definition) is 1. The molecule has 2 aliphatic carbocycles. The molecule has 0 bridgehead atoms. The topological polar surface area (TPSA) is 102 Å². The molecule has 8 nitrogen and oxygen atoms in total. The van der Waals surface area contributed by atoms with E-state index in [0.29, 0.717) is 34.1 Å². The first-order chi connectivity index (χ1) is 19.5. The van der Waals surface area contributed by atoms with Crippen molar-refractivity contribution in [1.82, 2.24) is 15.1 Å². The number of benzene rings is 1. The van der Waals surface area contributed by atoms with Crippen LogP contribution in [-0.4, -0.2) is 46.4 Å². The van der Waals surface area contributed by atoms with Gasteiger partial charge in [0.15, 0.2) is 5.69 Å². The largest absolute Gasteiger partial charge is 0.496 e. The molecule has 1 saturated carbocycles. The molecule has 9 heteroatoms. The van der Waals surface area contributed by atoms with Crippen LogP contribution in [0.15, 0.2) is 53.2 Å². The Balaban J connectivity index is 1.13. The third-order valence-corrected chi connectivity index (χ3v) is 8.60. The lowest BCUT2D eigenvalue weighted by molar-refractivity contribution is 0.0690. The predicted molar refractivity (Wildman–Crippen MR) is 148 cm³/mol. The maximum Gasteiger partial charge on any atom is 0.354 e. The zero-order valence-corrected chi connectivity index (χ0v) is 22.2. The SMILES string of the molecule is COc1cc(C(=O)O)nc2ccc(N3CCC4(C=C(c5c(-c6cccnc6CF)noc5C5CC5)C4)CC3)cc12. The highest BCUT2D eigenvalue weighted by Gasteiger charge is 2.44. The number of pyridine rings is 2. The third-order valence-electron chi connectivity index (χ3n) is 8.60. The number of fused-ring (bicyclic) bond motifs is 1. The van der Waals surface area contributed by atoms with Gasteiger partial charge in [-0.3, -0.25) is 4.98 Å². The van der Waals surface area contributed by atoms with Gasteiger partial charge in [-0.2, -0.15) is 0 Å². The van der Waals surface area contributed by atoms with Gasteiger partial charge < -0.3 is 19.3 Å². The molecule has 2 fully saturated rings. The highest BCUT2D eigenvalue weighted by molar-refractivity contribution is 5.94. The number of aromatic nitrogens is 3. The Morgan fingerprint density at radius 2 is 2.02 bits per heavy atom. The number of ether oxygens (including phenoxy) is 1. The molecule has 204 valence electrons. The Morgan fingerprint density at radius 3 is 2.73 bits per heavy atom. The molecule has 40 heavy (non-hydrogen) atoms. The maximum atomic E-state index is 13.7. The van der Waals surface area contributed by atoms with E-state index in [0.717, 1.165) is 67.6 Å². The minimum atomic E-state index is -1.08. The molecule has 1 N–H and O–H groups in total. The Kier molecular flexibility index (Phi) is 5.83. The van der Waals surface area contributed by atoms with Crippen molar-refractivity contribution < 1.29 is 23.6 Å². The van der Waals surface area contributed by atoms with Gasteiger partial charge in [0.25, 0.3) is 0 Å². The molecule has 0 unspecified atom stereocenters. The first-order valence-corrected chi connectivity index (χ1v) is 13.7. The van der Waals surface area contributed by atoms with Crippen LogP contribution in [0.4, 0.5) is 10.1 Å². The number of alkyl halides is 1. The number of nitrogens with zero attached hydrogens (tertiary/aromatic N) is 4. The Hall–Kier alpha value is -4.27. The highest BCUT2D eigenvalue weighted by Crippen LogP contribution is 2.56. The number of carboxylic acids is 1. The fraction of sp³-hybridized carbons (Fsp3) is 0.355.